The molecule has 47 heavy (non-hydrogen) atoms. The van der Waals surface area contributed by atoms with Crippen LogP contribution in [0.5, 0.6) is 0 Å². The van der Waals surface area contributed by atoms with E-state index in [1.165, 1.54) is 42.5 Å². The molecule has 4 rings (SSSR count). The van der Waals surface area contributed by atoms with Crippen molar-refractivity contribution in [2.75, 3.05) is 17.4 Å². The first-order valence-electron chi connectivity index (χ1n) is 14.9. The number of nitrogens with zero attached hydrogens (tertiary/aromatic N) is 2. The molecule has 2 amide bonds. The summed E-state index contributed by atoms with van der Waals surface area (Å²) in [7, 11) is -4.61. The van der Waals surface area contributed by atoms with Crippen LogP contribution in [-0.4, -0.2) is 44.3 Å². The van der Waals surface area contributed by atoms with Crippen molar-refractivity contribution in [3.05, 3.63) is 132 Å². The van der Waals surface area contributed by atoms with Crippen LogP contribution in [0.25, 0.3) is 0 Å². The number of carbonyl (C=O) groups excluding carboxylic acids is 2. The van der Waals surface area contributed by atoms with Crippen molar-refractivity contribution < 1.29 is 35.6 Å². The normalized spacial score (nSPS) is 12.4. The number of rotatable bonds is 13. The Hall–Kier alpha value is -4.71. The summed E-state index contributed by atoms with van der Waals surface area (Å²) in [6, 6.07) is 23.8. The molecule has 1 N–H and O–H groups in total. The zero-order valence-electron chi connectivity index (χ0n) is 25.8. The lowest BCUT2D eigenvalue weighted by atomic mass is 10.0. The number of sulfonamides is 1. The van der Waals surface area contributed by atoms with Gasteiger partial charge in [0.1, 0.15) is 18.4 Å². The third-order valence-electron chi connectivity index (χ3n) is 7.33. The molecule has 0 bridgehead atoms. The first kappa shape index (κ1) is 35.1. The van der Waals surface area contributed by atoms with E-state index in [-0.39, 0.29) is 29.3 Å². The molecule has 0 aliphatic rings. The number of alkyl halides is 3. The molecule has 4 aromatic carbocycles. The molecule has 0 saturated heterocycles. The summed E-state index contributed by atoms with van der Waals surface area (Å²) in [6.07, 6.45) is -4.80. The van der Waals surface area contributed by atoms with E-state index >= 15 is 4.39 Å². The van der Waals surface area contributed by atoms with Crippen LogP contribution in [0, 0.1) is 11.7 Å². The SMILES string of the molecule is CC(C)CNC(=O)[C@@H](Cc1ccccc1)N(Cc1ccccc1F)C(=O)CN(c1cccc(C(F)(F)F)c1)S(=O)(=O)c1ccccc1. The van der Waals surface area contributed by atoms with Gasteiger partial charge in [-0.15, -0.1) is 0 Å². The Morgan fingerprint density at radius 1 is 0.830 bits per heavy atom. The number of halogens is 4. The number of hydrogen-bond acceptors (Lipinski definition) is 4. The van der Waals surface area contributed by atoms with Crippen molar-refractivity contribution in [3.8, 4) is 0 Å². The van der Waals surface area contributed by atoms with Crippen LogP contribution in [0.2, 0.25) is 0 Å². The second-order valence-corrected chi connectivity index (χ2v) is 13.2. The molecular weight excluding hydrogens is 634 g/mol. The summed E-state index contributed by atoms with van der Waals surface area (Å²) in [5, 5.41) is 2.82. The summed E-state index contributed by atoms with van der Waals surface area (Å²) in [4.78, 5) is 28.9. The second-order valence-electron chi connectivity index (χ2n) is 11.3. The fraction of sp³-hybridized carbons (Fsp3) is 0.257. The molecule has 0 aliphatic carbocycles. The van der Waals surface area contributed by atoms with Gasteiger partial charge in [-0.25, -0.2) is 12.8 Å². The topological polar surface area (TPSA) is 86.8 Å². The minimum absolute atomic E-state index is 0.0000443. The lowest BCUT2D eigenvalue weighted by molar-refractivity contribution is -0.140. The number of benzene rings is 4. The first-order valence-corrected chi connectivity index (χ1v) is 16.3. The highest BCUT2D eigenvalue weighted by Crippen LogP contribution is 2.33. The summed E-state index contributed by atoms with van der Waals surface area (Å²) in [5.41, 5.74) is -0.789. The minimum atomic E-state index is -4.80. The van der Waals surface area contributed by atoms with E-state index in [1.807, 2.05) is 13.8 Å². The van der Waals surface area contributed by atoms with E-state index < -0.39 is 64.2 Å². The summed E-state index contributed by atoms with van der Waals surface area (Å²) in [6.45, 7) is 2.65. The lowest BCUT2D eigenvalue weighted by Gasteiger charge is -2.34. The molecule has 248 valence electrons. The van der Waals surface area contributed by atoms with Gasteiger partial charge in [0.05, 0.1) is 16.1 Å². The van der Waals surface area contributed by atoms with Gasteiger partial charge in [0.25, 0.3) is 10.0 Å². The molecule has 12 heteroatoms. The molecule has 7 nitrogen and oxygen atoms in total. The zero-order valence-corrected chi connectivity index (χ0v) is 26.6. The first-order chi connectivity index (χ1) is 22.3. The predicted molar refractivity (Wildman–Crippen MR) is 171 cm³/mol. The Balaban J connectivity index is 1.84. The molecule has 0 aliphatic heterocycles. The highest BCUT2D eigenvalue weighted by molar-refractivity contribution is 7.92. The standard InChI is InChI=1S/C35H35F4N3O4S/c1-25(2)22-40-34(44)32(20-26-12-5-3-6-13-26)41(23-27-14-9-10-19-31(27)36)33(43)24-42(47(45,46)30-17-7-4-8-18-30)29-16-11-15-28(21-29)35(37,38)39/h3-19,21,25,32H,20,22-24H2,1-2H3,(H,40,44)/t32-/m1/s1. The van der Waals surface area contributed by atoms with Gasteiger partial charge in [0.2, 0.25) is 11.8 Å². The quantitative estimate of drug-likeness (QED) is 0.166. The van der Waals surface area contributed by atoms with Crippen LogP contribution in [0.3, 0.4) is 0 Å². The van der Waals surface area contributed by atoms with Gasteiger partial charge in [0.15, 0.2) is 0 Å². The Morgan fingerprint density at radius 3 is 2.06 bits per heavy atom. The molecule has 0 unspecified atom stereocenters. The molecule has 0 aromatic heterocycles. The molecule has 0 heterocycles. The third kappa shape index (κ3) is 9.19. The molecular formula is C35H35F4N3O4S. The van der Waals surface area contributed by atoms with Gasteiger partial charge in [-0.3, -0.25) is 13.9 Å². The Labute approximate surface area is 271 Å². The van der Waals surface area contributed by atoms with Gasteiger partial charge in [0, 0.05) is 25.1 Å². The highest BCUT2D eigenvalue weighted by Gasteiger charge is 2.36. The van der Waals surface area contributed by atoms with Gasteiger partial charge in [-0.2, -0.15) is 13.2 Å². The number of carbonyl (C=O) groups is 2. The average Bonchev–Trinajstić information content (AvgIpc) is 3.05. The molecule has 0 fully saturated rings. The fourth-order valence-electron chi connectivity index (χ4n) is 4.87. The van der Waals surface area contributed by atoms with E-state index in [4.69, 9.17) is 0 Å². The monoisotopic (exact) mass is 669 g/mol. The second kappa shape index (κ2) is 15.3. The van der Waals surface area contributed by atoms with Crippen molar-refractivity contribution in [1.82, 2.24) is 10.2 Å². The highest BCUT2D eigenvalue weighted by atomic mass is 32.2. The summed E-state index contributed by atoms with van der Waals surface area (Å²) < 4.78 is 84.7. The van der Waals surface area contributed by atoms with Gasteiger partial charge in [-0.05, 0) is 47.9 Å². The van der Waals surface area contributed by atoms with Crippen LogP contribution in [0.4, 0.5) is 23.2 Å². The molecule has 4 aromatic rings. The maximum Gasteiger partial charge on any atom is 0.416 e. The van der Waals surface area contributed by atoms with Crippen LogP contribution in [0.15, 0.2) is 114 Å². The van der Waals surface area contributed by atoms with E-state index in [2.05, 4.69) is 5.32 Å². The Morgan fingerprint density at radius 2 is 1.45 bits per heavy atom. The van der Waals surface area contributed by atoms with Crippen LogP contribution < -0.4 is 9.62 Å². The molecule has 0 radical (unpaired) electrons. The summed E-state index contributed by atoms with van der Waals surface area (Å²) in [5.74, 6) is -2.08. The fourth-order valence-corrected chi connectivity index (χ4v) is 6.30. The van der Waals surface area contributed by atoms with Gasteiger partial charge >= 0.3 is 6.18 Å². The minimum Gasteiger partial charge on any atom is -0.354 e. The van der Waals surface area contributed by atoms with Gasteiger partial charge in [-0.1, -0.05) is 86.6 Å². The van der Waals surface area contributed by atoms with Gasteiger partial charge < -0.3 is 10.2 Å². The van der Waals surface area contributed by atoms with Crippen LogP contribution in [-0.2, 0) is 38.8 Å². The maximum absolute atomic E-state index is 15.0. The Bertz CT molecular complexity index is 1770. The Kier molecular flexibility index (Phi) is 11.4. The van der Waals surface area contributed by atoms with E-state index in [9.17, 15) is 31.2 Å². The average molecular weight is 670 g/mol. The number of amides is 2. The number of hydrogen-bond donors (Lipinski definition) is 1. The summed E-state index contributed by atoms with van der Waals surface area (Å²) >= 11 is 0. The third-order valence-corrected chi connectivity index (χ3v) is 9.11. The maximum atomic E-state index is 15.0. The van der Waals surface area contributed by atoms with Crippen molar-refractivity contribution in [3.63, 3.8) is 0 Å². The van der Waals surface area contributed by atoms with E-state index in [1.54, 1.807) is 42.5 Å². The number of anilines is 1. The van der Waals surface area contributed by atoms with Crippen molar-refractivity contribution in [1.29, 1.82) is 0 Å². The smallest absolute Gasteiger partial charge is 0.354 e. The van der Waals surface area contributed by atoms with Crippen molar-refractivity contribution >= 4 is 27.5 Å². The number of nitrogens with one attached hydrogen (secondary N) is 1. The van der Waals surface area contributed by atoms with Crippen molar-refractivity contribution in [2.45, 2.75) is 43.9 Å². The van der Waals surface area contributed by atoms with E-state index in [0.717, 1.165) is 23.1 Å². The van der Waals surface area contributed by atoms with E-state index in [0.29, 0.717) is 15.9 Å². The molecule has 0 saturated carbocycles. The lowest BCUT2D eigenvalue weighted by Crippen LogP contribution is -2.53. The molecule has 0 spiro atoms. The molecule has 1 atom stereocenters. The predicted octanol–water partition coefficient (Wildman–Crippen LogP) is 6.45. The van der Waals surface area contributed by atoms with Crippen molar-refractivity contribution in [2.24, 2.45) is 5.92 Å². The zero-order chi connectivity index (χ0) is 34.2. The van der Waals surface area contributed by atoms with Crippen LogP contribution in [0.1, 0.15) is 30.5 Å². The van der Waals surface area contributed by atoms with Crippen LogP contribution >= 0.6 is 0 Å². The largest absolute Gasteiger partial charge is 0.416 e.